The second-order valence-electron chi connectivity index (χ2n) is 9.42. The van der Waals surface area contributed by atoms with Crippen molar-refractivity contribution in [2.75, 3.05) is 62.8 Å². The van der Waals surface area contributed by atoms with Gasteiger partial charge in [-0.05, 0) is 39.0 Å². The van der Waals surface area contributed by atoms with Gasteiger partial charge in [0.1, 0.15) is 17.5 Å². The predicted octanol–water partition coefficient (Wildman–Crippen LogP) is 1.33. The van der Waals surface area contributed by atoms with Crippen molar-refractivity contribution >= 4 is 29.5 Å². The minimum Gasteiger partial charge on any atom is -0.444 e. The summed E-state index contributed by atoms with van der Waals surface area (Å²) < 4.78 is 30.2. The Bertz CT molecular complexity index is 931. The summed E-state index contributed by atoms with van der Waals surface area (Å²) >= 11 is 0. The first-order chi connectivity index (χ1) is 16.5. The Hall–Kier alpha value is -3.12. The van der Waals surface area contributed by atoms with Crippen LogP contribution in [0.4, 0.5) is 25.4 Å². The van der Waals surface area contributed by atoms with E-state index < -0.39 is 41.7 Å². The van der Waals surface area contributed by atoms with Gasteiger partial charge in [0.25, 0.3) is 5.91 Å². The number of alkyl carbamates (subject to hydrolysis) is 1. The number of amides is 3. The van der Waals surface area contributed by atoms with Crippen LogP contribution in [0.15, 0.2) is 18.2 Å². The first-order valence-corrected chi connectivity index (χ1v) is 11.4. The maximum atomic E-state index is 15.0. The zero-order valence-corrected chi connectivity index (χ0v) is 20.5. The number of rotatable bonds is 7. The van der Waals surface area contributed by atoms with E-state index in [0.29, 0.717) is 37.6 Å². The molecule has 0 radical (unpaired) electrons. The average molecular weight is 497 g/mol. The molecular weight excluding hydrogens is 463 g/mol. The third-order valence-electron chi connectivity index (χ3n) is 5.53. The second-order valence-corrected chi connectivity index (χ2v) is 9.42. The smallest absolute Gasteiger partial charge is 0.414 e. The van der Waals surface area contributed by atoms with Crippen LogP contribution in [0.3, 0.4) is 0 Å². The van der Waals surface area contributed by atoms with Gasteiger partial charge in [0.15, 0.2) is 6.10 Å². The van der Waals surface area contributed by atoms with Crippen LogP contribution >= 0.6 is 0 Å². The van der Waals surface area contributed by atoms with Crippen LogP contribution in [0, 0.1) is 5.82 Å². The van der Waals surface area contributed by atoms with E-state index in [0.717, 1.165) is 0 Å². The van der Waals surface area contributed by atoms with E-state index in [1.807, 2.05) is 0 Å². The molecule has 12 heteroatoms. The molecule has 194 valence electrons. The average Bonchev–Trinajstić information content (AvgIpc) is 3.17. The summed E-state index contributed by atoms with van der Waals surface area (Å²) in [7, 11) is 1.41. The van der Waals surface area contributed by atoms with Crippen molar-refractivity contribution in [1.29, 1.82) is 0 Å². The molecule has 2 aliphatic heterocycles. The Morgan fingerprint density at radius 3 is 2.54 bits per heavy atom. The Labute approximate surface area is 203 Å². The fraction of sp³-hybridized carbons (Fsp3) is 0.609. The van der Waals surface area contributed by atoms with Crippen molar-refractivity contribution < 1.29 is 38.1 Å². The summed E-state index contributed by atoms with van der Waals surface area (Å²) in [6.45, 7) is 6.84. The highest BCUT2D eigenvalue weighted by Gasteiger charge is 2.34. The number of aliphatic hydroxyl groups is 1. The lowest BCUT2D eigenvalue weighted by molar-refractivity contribution is -0.143. The fourth-order valence-electron chi connectivity index (χ4n) is 3.88. The molecule has 0 aromatic heterocycles. The Morgan fingerprint density at radius 2 is 1.94 bits per heavy atom. The lowest BCUT2D eigenvalue weighted by atomic mass is 10.2. The van der Waals surface area contributed by atoms with Gasteiger partial charge in [-0.2, -0.15) is 0 Å². The van der Waals surface area contributed by atoms with Crippen LogP contribution in [0.25, 0.3) is 0 Å². The lowest BCUT2D eigenvalue weighted by Gasteiger charge is -2.37. The van der Waals surface area contributed by atoms with Gasteiger partial charge in [-0.15, -0.1) is 0 Å². The van der Waals surface area contributed by atoms with Crippen molar-refractivity contribution in [3.05, 3.63) is 24.0 Å². The summed E-state index contributed by atoms with van der Waals surface area (Å²) in [6, 6.07) is 4.48. The number of nitrogens with one attached hydrogen (secondary N) is 1. The van der Waals surface area contributed by atoms with Crippen molar-refractivity contribution in [2.24, 2.45) is 0 Å². The number of halogens is 1. The van der Waals surface area contributed by atoms with Gasteiger partial charge in [0.2, 0.25) is 0 Å². The Morgan fingerprint density at radius 1 is 1.26 bits per heavy atom. The number of carbonyl (C=O) groups is 3. The molecule has 2 saturated heterocycles. The van der Waals surface area contributed by atoms with Gasteiger partial charge in [-0.25, -0.2) is 14.0 Å². The van der Waals surface area contributed by atoms with Gasteiger partial charge in [-0.1, -0.05) is 0 Å². The number of ether oxygens (including phenoxy) is 3. The number of anilines is 2. The first-order valence-electron chi connectivity index (χ1n) is 11.4. The number of hydrogen-bond donors (Lipinski definition) is 2. The van der Waals surface area contributed by atoms with E-state index >= 15 is 0 Å². The topological polar surface area (TPSA) is 121 Å². The van der Waals surface area contributed by atoms with E-state index in [1.54, 1.807) is 37.8 Å². The number of piperazine rings is 1. The normalized spacial score (nSPS) is 19.4. The monoisotopic (exact) mass is 496 g/mol. The fourth-order valence-corrected chi connectivity index (χ4v) is 3.88. The van der Waals surface area contributed by atoms with Gasteiger partial charge in [-0.3, -0.25) is 9.69 Å². The molecule has 2 fully saturated rings. The SMILES string of the molecule is COCC(O)C(=O)N1CCN(c2ccc(N3CC(CNC(=O)OC(C)(C)C)OC3=O)cc2F)CC1. The van der Waals surface area contributed by atoms with Crippen molar-refractivity contribution in [3.8, 4) is 0 Å². The summed E-state index contributed by atoms with van der Waals surface area (Å²) in [5.41, 5.74) is 0.0522. The highest BCUT2D eigenvalue weighted by molar-refractivity contribution is 5.90. The number of benzene rings is 1. The summed E-state index contributed by atoms with van der Waals surface area (Å²) in [6.07, 6.45) is -3.06. The van der Waals surface area contributed by atoms with Gasteiger partial charge < -0.3 is 34.4 Å². The van der Waals surface area contributed by atoms with E-state index in [9.17, 15) is 23.9 Å². The van der Waals surface area contributed by atoms with Crippen LogP contribution in [-0.4, -0.2) is 98.9 Å². The molecule has 35 heavy (non-hydrogen) atoms. The number of methoxy groups -OCH3 is 1. The first kappa shape index (κ1) is 26.5. The molecule has 2 heterocycles. The van der Waals surface area contributed by atoms with Crippen LogP contribution in [-0.2, 0) is 19.0 Å². The molecule has 3 rings (SSSR count). The van der Waals surface area contributed by atoms with E-state index in [4.69, 9.17) is 14.2 Å². The molecule has 0 saturated carbocycles. The number of hydrogen-bond acceptors (Lipinski definition) is 8. The molecule has 1 aromatic rings. The van der Waals surface area contributed by atoms with Gasteiger partial charge in [0.05, 0.1) is 31.1 Å². The molecule has 2 aliphatic rings. The quantitative estimate of drug-likeness (QED) is 0.580. The van der Waals surface area contributed by atoms with Crippen LogP contribution in [0.2, 0.25) is 0 Å². The predicted molar refractivity (Wildman–Crippen MR) is 125 cm³/mol. The van der Waals surface area contributed by atoms with E-state index in [2.05, 4.69) is 5.32 Å². The van der Waals surface area contributed by atoms with E-state index in [-0.39, 0.29) is 19.7 Å². The van der Waals surface area contributed by atoms with Crippen LogP contribution in [0.1, 0.15) is 20.8 Å². The number of nitrogens with zero attached hydrogens (tertiary/aromatic N) is 3. The van der Waals surface area contributed by atoms with Gasteiger partial charge in [0, 0.05) is 33.3 Å². The molecule has 0 spiro atoms. The van der Waals surface area contributed by atoms with Crippen molar-refractivity contribution in [1.82, 2.24) is 10.2 Å². The largest absolute Gasteiger partial charge is 0.444 e. The third-order valence-corrected chi connectivity index (χ3v) is 5.53. The minimum atomic E-state index is -1.22. The molecule has 2 N–H and O–H groups in total. The molecule has 3 amide bonds. The highest BCUT2D eigenvalue weighted by Crippen LogP contribution is 2.28. The van der Waals surface area contributed by atoms with Crippen molar-refractivity contribution in [2.45, 2.75) is 38.6 Å². The molecular formula is C23H33FN4O7. The molecule has 1 aromatic carbocycles. The van der Waals surface area contributed by atoms with Crippen LogP contribution < -0.4 is 15.1 Å². The molecule has 0 aliphatic carbocycles. The number of aliphatic hydroxyl groups excluding tert-OH is 1. The summed E-state index contributed by atoms with van der Waals surface area (Å²) in [5, 5.41) is 12.4. The van der Waals surface area contributed by atoms with Crippen molar-refractivity contribution in [3.63, 3.8) is 0 Å². The molecule has 0 bridgehead atoms. The second kappa shape index (κ2) is 11.1. The number of carbonyl (C=O) groups excluding carboxylic acids is 3. The summed E-state index contributed by atoms with van der Waals surface area (Å²) in [4.78, 5) is 41.0. The van der Waals surface area contributed by atoms with Crippen LogP contribution in [0.5, 0.6) is 0 Å². The minimum absolute atomic E-state index is 0.0692. The zero-order valence-electron chi connectivity index (χ0n) is 20.5. The van der Waals surface area contributed by atoms with E-state index in [1.165, 1.54) is 23.0 Å². The van der Waals surface area contributed by atoms with Gasteiger partial charge >= 0.3 is 12.2 Å². The lowest BCUT2D eigenvalue weighted by Crippen LogP contribution is -2.52. The summed E-state index contributed by atoms with van der Waals surface area (Å²) in [5.74, 6) is -0.921. The maximum Gasteiger partial charge on any atom is 0.414 e. The third kappa shape index (κ3) is 6.95. The standard InChI is InChI=1S/C23H33FN4O7/c1-23(2,3)35-21(31)25-12-16-13-28(22(32)34-16)15-5-6-18(17(24)11-15)26-7-9-27(10-8-26)20(30)19(29)14-33-4/h5-6,11,16,19,29H,7-10,12-14H2,1-4H3,(H,25,31). The Kier molecular flexibility index (Phi) is 8.39. The zero-order chi connectivity index (χ0) is 25.8. The molecule has 11 nitrogen and oxygen atoms in total. The molecule has 2 atom stereocenters. The number of cyclic esters (lactones) is 1. The Balaban J connectivity index is 1.55. The molecule has 2 unspecified atom stereocenters. The highest BCUT2D eigenvalue weighted by atomic mass is 19.1. The maximum absolute atomic E-state index is 15.0.